The minimum atomic E-state index is -0.241. The second-order valence-electron chi connectivity index (χ2n) is 26.3. The molecule has 3 heterocycles. The number of nitrogens with zero attached hydrogens (tertiary/aromatic N) is 3. The Morgan fingerprint density at radius 1 is 0.277 bits per heavy atom. The van der Waals surface area contributed by atoms with E-state index in [1.807, 2.05) is 0 Å². The van der Waals surface area contributed by atoms with Crippen molar-refractivity contribution in [3.8, 4) is 72.4 Å². The number of para-hydroxylation sites is 2. The molecular formula is C90H64BN3. The van der Waals surface area contributed by atoms with Crippen molar-refractivity contribution in [1.29, 1.82) is 0 Å². The second kappa shape index (κ2) is 22.0. The molecule has 0 amide bonds. The van der Waals surface area contributed by atoms with Crippen LogP contribution in [-0.4, -0.2) is 11.3 Å². The Morgan fingerprint density at radius 2 is 0.649 bits per heavy atom. The predicted molar refractivity (Wildman–Crippen MR) is 401 cm³/mol. The molecule has 2 aliphatic heterocycles. The van der Waals surface area contributed by atoms with E-state index >= 15 is 0 Å². The van der Waals surface area contributed by atoms with Gasteiger partial charge in [-0.15, -0.1) is 0 Å². The lowest BCUT2D eigenvalue weighted by Crippen LogP contribution is -2.61. The maximum absolute atomic E-state index is 2.68. The summed E-state index contributed by atoms with van der Waals surface area (Å²) in [5.41, 5.74) is 28.9. The van der Waals surface area contributed by atoms with Crippen LogP contribution in [0.1, 0.15) is 26.3 Å². The molecule has 2 aliphatic rings. The molecule has 0 atom stereocenters. The highest BCUT2D eigenvalue weighted by Crippen LogP contribution is 2.55. The number of fused-ring (bicyclic) bond motifs is 12. The molecule has 0 saturated carbocycles. The van der Waals surface area contributed by atoms with Crippen LogP contribution in [0.2, 0.25) is 0 Å². The lowest BCUT2D eigenvalue weighted by Gasteiger charge is -2.46. The molecule has 18 rings (SSSR count). The topological polar surface area (TPSA) is 11.4 Å². The summed E-state index contributed by atoms with van der Waals surface area (Å²) in [4.78, 5) is 5.36. The summed E-state index contributed by atoms with van der Waals surface area (Å²) < 4.78 is 2.64. The molecule has 0 fully saturated rings. The summed E-state index contributed by atoms with van der Waals surface area (Å²) in [5.74, 6) is 0. The Bertz CT molecular complexity index is 5280. The Labute approximate surface area is 549 Å². The zero-order valence-electron chi connectivity index (χ0n) is 52.7. The second-order valence-corrected chi connectivity index (χ2v) is 26.3. The molecule has 15 aromatic carbocycles. The van der Waals surface area contributed by atoms with E-state index in [2.05, 4.69) is 369 Å². The number of hydrogen-bond acceptors (Lipinski definition) is 2. The van der Waals surface area contributed by atoms with Crippen molar-refractivity contribution in [1.82, 2.24) is 4.57 Å². The average molecular weight is 1200 g/mol. The molecule has 3 nitrogen and oxygen atoms in total. The zero-order valence-corrected chi connectivity index (χ0v) is 52.7. The average Bonchev–Trinajstić information content (AvgIpc) is 1.01. The molecule has 0 radical (unpaired) electrons. The lowest BCUT2D eigenvalue weighted by molar-refractivity contribution is 0.591. The van der Waals surface area contributed by atoms with E-state index in [4.69, 9.17) is 0 Å². The molecule has 16 aromatic rings. The Morgan fingerprint density at radius 3 is 1.06 bits per heavy atom. The number of anilines is 6. The van der Waals surface area contributed by atoms with E-state index in [1.54, 1.807) is 0 Å². The van der Waals surface area contributed by atoms with Crippen LogP contribution in [0.25, 0.3) is 116 Å². The van der Waals surface area contributed by atoms with Gasteiger partial charge in [0.2, 0.25) is 0 Å². The summed E-state index contributed by atoms with van der Waals surface area (Å²) in [6.45, 7) is 6.77. The van der Waals surface area contributed by atoms with Crippen molar-refractivity contribution in [3.05, 3.63) is 339 Å². The minimum absolute atomic E-state index is 0.103. The highest BCUT2D eigenvalue weighted by Gasteiger charge is 2.46. The summed E-state index contributed by atoms with van der Waals surface area (Å²) in [6.07, 6.45) is 0. The van der Waals surface area contributed by atoms with E-state index in [9.17, 15) is 0 Å². The van der Waals surface area contributed by atoms with E-state index in [1.165, 1.54) is 82.0 Å². The standard InChI is InChI=1S/C90H64BN3/c1-90(2,3)67-50-53-80-77(56-67)85-75-42-24-22-40-73(75)74-41-23-25-43-76(74)89(85)92(80)68-57-83-86-84(58-68)94(88-71(63-36-18-8-19-37-63)46-27-47-72(88)64-38-20-9-21-39-64)82-52-49-66(60-30-12-5-13-31-60)55-79(82)91(86)78-54-65(59-28-10-4-11-29-59)48-51-81(78)93(83)87-69(61-32-14-6-15-33-61)44-26-45-70(87)62-34-16-7-17-35-62/h4-58H,1-3H3. The molecule has 442 valence electrons. The van der Waals surface area contributed by atoms with Gasteiger partial charge in [-0.3, -0.25) is 0 Å². The lowest BCUT2D eigenvalue weighted by atomic mass is 9.33. The predicted octanol–water partition coefficient (Wildman–Crippen LogP) is 22.5. The van der Waals surface area contributed by atoms with E-state index in [0.717, 1.165) is 89.8 Å². The smallest absolute Gasteiger partial charge is 0.252 e. The van der Waals surface area contributed by atoms with Crippen molar-refractivity contribution in [2.75, 3.05) is 9.80 Å². The molecule has 0 N–H and O–H groups in total. The number of aromatic nitrogens is 1. The molecule has 0 saturated heterocycles. The van der Waals surface area contributed by atoms with Crippen LogP contribution in [0, 0.1) is 0 Å². The van der Waals surface area contributed by atoms with Gasteiger partial charge in [0.05, 0.1) is 28.1 Å². The first-order valence-electron chi connectivity index (χ1n) is 32.9. The Kier molecular flexibility index (Phi) is 12.9. The maximum atomic E-state index is 2.68. The quantitative estimate of drug-likeness (QED) is 0.105. The van der Waals surface area contributed by atoms with Crippen molar-refractivity contribution < 1.29 is 0 Å². The fraction of sp³-hybridized carbons (Fsp3) is 0.0444. The third kappa shape index (κ3) is 8.81. The fourth-order valence-corrected chi connectivity index (χ4v) is 15.6. The molecule has 0 spiro atoms. The molecule has 94 heavy (non-hydrogen) atoms. The zero-order chi connectivity index (χ0) is 62.6. The molecular weight excluding hydrogens is 1130 g/mol. The third-order valence-electron chi connectivity index (χ3n) is 19.9. The maximum Gasteiger partial charge on any atom is 0.252 e. The molecule has 0 aliphatic carbocycles. The third-order valence-corrected chi connectivity index (χ3v) is 19.9. The van der Waals surface area contributed by atoms with Gasteiger partial charge in [-0.05, 0) is 124 Å². The summed E-state index contributed by atoms with van der Waals surface area (Å²) in [6, 6.07) is 125. The van der Waals surface area contributed by atoms with Crippen molar-refractivity contribution in [2.24, 2.45) is 0 Å². The van der Waals surface area contributed by atoms with Gasteiger partial charge in [-0.2, -0.15) is 0 Å². The van der Waals surface area contributed by atoms with Crippen LogP contribution >= 0.6 is 0 Å². The molecule has 0 bridgehead atoms. The van der Waals surface area contributed by atoms with Gasteiger partial charge in [0.15, 0.2) is 0 Å². The summed E-state index contributed by atoms with van der Waals surface area (Å²) in [5, 5.41) is 7.43. The van der Waals surface area contributed by atoms with Crippen LogP contribution < -0.4 is 26.2 Å². The largest absolute Gasteiger partial charge is 0.310 e. The van der Waals surface area contributed by atoms with Crippen LogP contribution in [-0.2, 0) is 5.41 Å². The highest BCUT2D eigenvalue weighted by atomic mass is 15.2. The van der Waals surface area contributed by atoms with Crippen molar-refractivity contribution in [2.45, 2.75) is 26.2 Å². The monoisotopic (exact) mass is 1200 g/mol. The van der Waals surface area contributed by atoms with E-state index in [0.29, 0.717) is 0 Å². The van der Waals surface area contributed by atoms with Crippen LogP contribution in [0.3, 0.4) is 0 Å². The van der Waals surface area contributed by atoms with Gasteiger partial charge in [0, 0.05) is 61.2 Å². The van der Waals surface area contributed by atoms with Crippen LogP contribution in [0.5, 0.6) is 0 Å². The van der Waals surface area contributed by atoms with Gasteiger partial charge >= 0.3 is 0 Å². The van der Waals surface area contributed by atoms with Gasteiger partial charge < -0.3 is 14.4 Å². The Balaban J connectivity index is 1.07. The van der Waals surface area contributed by atoms with Gasteiger partial charge in [0.25, 0.3) is 6.71 Å². The summed E-state index contributed by atoms with van der Waals surface area (Å²) >= 11 is 0. The highest BCUT2D eigenvalue weighted by molar-refractivity contribution is 7.00. The Hall–Kier alpha value is -11.7. The van der Waals surface area contributed by atoms with Crippen LogP contribution in [0.4, 0.5) is 34.1 Å². The van der Waals surface area contributed by atoms with E-state index < -0.39 is 0 Å². The minimum Gasteiger partial charge on any atom is -0.310 e. The van der Waals surface area contributed by atoms with Gasteiger partial charge in [-0.25, -0.2) is 0 Å². The molecule has 0 unspecified atom stereocenters. The fourth-order valence-electron chi connectivity index (χ4n) is 15.6. The first-order chi connectivity index (χ1) is 46.3. The SMILES string of the molecule is CC(C)(C)c1ccc2c(c1)c1c3ccccc3c3ccccc3c1n2-c1cc2c3c(c1)N(c1c(-c4ccccc4)cccc1-c1ccccc1)c1ccc(-c4ccccc4)cc1B3c1cc(-c3ccccc3)ccc1N2c1c(-c2ccccc2)cccc1-c1ccccc1. The van der Waals surface area contributed by atoms with Crippen molar-refractivity contribution in [3.63, 3.8) is 0 Å². The number of hydrogen-bond donors (Lipinski definition) is 0. The number of rotatable bonds is 9. The molecule has 4 heteroatoms. The summed E-state index contributed by atoms with van der Waals surface area (Å²) in [7, 11) is 0. The normalized spacial score (nSPS) is 12.6. The molecule has 1 aromatic heterocycles. The van der Waals surface area contributed by atoms with E-state index in [-0.39, 0.29) is 12.1 Å². The van der Waals surface area contributed by atoms with Crippen molar-refractivity contribution >= 4 is 101 Å². The van der Waals surface area contributed by atoms with Crippen LogP contribution in [0.15, 0.2) is 334 Å². The first-order valence-corrected chi connectivity index (χ1v) is 32.9. The number of benzene rings is 15. The van der Waals surface area contributed by atoms with Gasteiger partial charge in [0.1, 0.15) is 0 Å². The first kappa shape index (κ1) is 55.2. The van der Waals surface area contributed by atoms with Gasteiger partial charge in [-0.1, -0.05) is 318 Å².